The molecule has 3 nitrogen and oxygen atoms in total. The Balaban J connectivity index is 2.41. The lowest BCUT2D eigenvalue weighted by Crippen LogP contribution is -2.47. The summed E-state index contributed by atoms with van der Waals surface area (Å²) in [6.07, 6.45) is 0. The first-order valence-corrected chi connectivity index (χ1v) is 6.59. The highest BCUT2D eigenvalue weighted by Gasteiger charge is 2.18. The normalized spacial score (nSPS) is 11.3. The fourth-order valence-corrected chi connectivity index (χ4v) is 1.96. The average molecular weight is 274 g/mol. The molecule has 0 spiro atoms. The molecular weight excluding hydrogens is 258 g/mol. The molecular formula is C12H16ClNO2S. The van der Waals surface area contributed by atoms with Crippen molar-refractivity contribution in [3.05, 3.63) is 29.3 Å². The zero-order valence-corrected chi connectivity index (χ0v) is 11.4. The molecule has 0 radical (unpaired) electrons. The predicted molar refractivity (Wildman–Crippen MR) is 71.5 cm³/mol. The van der Waals surface area contributed by atoms with Gasteiger partial charge in [-0.1, -0.05) is 11.6 Å². The van der Waals surface area contributed by atoms with Crippen molar-refractivity contribution in [2.75, 3.05) is 12.4 Å². The third kappa shape index (κ3) is 5.44. The van der Waals surface area contributed by atoms with E-state index < -0.39 is 5.54 Å². The van der Waals surface area contributed by atoms with Crippen molar-refractivity contribution in [2.24, 2.45) is 0 Å². The van der Waals surface area contributed by atoms with Gasteiger partial charge in [-0.3, -0.25) is 4.79 Å². The summed E-state index contributed by atoms with van der Waals surface area (Å²) < 4.78 is 0. The van der Waals surface area contributed by atoms with E-state index in [4.69, 9.17) is 16.7 Å². The van der Waals surface area contributed by atoms with Crippen LogP contribution in [0.4, 0.5) is 0 Å². The Bertz CT molecular complexity index is 379. The fraction of sp³-hybridized carbons (Fsp3) is 0.417. The molecule has 17 heavy (non-hydrogen) atoms. The van der Waals surface area contributed by atoms with E-state index in [0.717, 1.165) is 4.90 Å². The van der Waals surface area contributed by atoms with Crippen LogP contribution in [0.5, 0.6) is 0 Å². The number of aliphatic hydroxyl groups excluding tert-OH is 1. The van der Waals surface area contributed by atoms with E-state index in [2.05, 4.69) is 5.32 Å². The number of amides is 1. The summed E-state index contributed by atoms with van der Waals surface area (Å²) >= 11 is 7.20. The van der Waals surface area contributed by atoms with E-state index in [9.17, 15) is 4.79 Å². The van der Waals surface area contributed by atoms with Gasteiger partial charge in [0.2, 0.25) is 5.91 Å². The summed E-state index contributed by atoms with van der Waals surface area (Å²) in [4.78, 5) is 12.6. The quantitative estimate of drug-likeness (QED) is 0.810. The first-order valence-electron chi connectivity index (χ1n) is 5.23. The smallest absolute Gasteiger partial charge is 0.230 e. The summed E-state index contributed by atoms with van der Waals surface area (Å²) in [6.45, 7) is 3.47. The molecule has 0 aliphatic rings. The van der Waals surface area contributed by atoms with E-state index >= 15 is 0 Å². The van der Waals surface area contributed by atoms with Crippen molar-refractivity contribution in [1.82, 2.24) is 5.32 Å². The predicted octanol–water partition coefficient (Wildman–Crippen LogP) is 2.32. The number of thioether (sulfide) groups is 1. The SMILES string of the molecule is CC(C)(CO)NC(=O)CSc1ccc(Cl)cc1. The molecule has 1 amide bonds. The number of hydrogen-bond donors (Lipinski definition) is 2. The van der Waals surface area contributed by atoms with Gasteiger partial charge in [0.25, 0.3) is 0 Å². The van der Waals surface area contributed by atoms with Crippen LogP contribution in [0, 0.1) is 0 Å². The summed E-state index contributed by atoms with van der Waals surface area (Å²) in [5.74, 6) is 0.231. The van der Waals surface area contributed by atoms with E-state index in [-0.39, 0.29) is 12.5 Å². The lowest BCUT2D eigenvalue weighted by molar-refractivity contribution is -0.120. The maximum absolute atomic E-state index is 11.6. The minimum absolute atomic E-state index is 0.0790. The molecule has 5 heteroatoms. The highest BCUT2D eigenvalue weighted by molar-refractivity contribution is 8.00. The van der Waals surface area contributed by atoms with Gasteiger partial charge in [-0.05, 0) is 38.1 Å². The van der Waals surface area contributed by atoms with Crippen LogP contribution in [0.2, 0.25) is 5.02 Å². The van der Waals surface area contributed by atoms with Crippen LogP contribution in [0.15, 0.2) is 29.2 Å². The van der Waals surface area contributed by atoms with Gasteiger partial charge in [0.1, 0.15) is 0 Å². The van der Waals surface area contributed by atoms with Gasteiger partial charge in [0.05, 0.1) is 17.9 Å². The van der Waals surface area contributed by atoms with Gasteiger partial charge in [0.15, 0.2) is 0 Å². The minimum Gasteiger partial charge on any atom is -0.394 e. The summed E-state index contributed by atoms with van der Waals surface area (Å²) in [5.41, 5.74) is -0.572. The number of halogens is 1. The Morgan fingerprint density at radius 2 is 2.00 bits per heavy atom. The molecule has 0 saturated carbocycles. The zero-order chi connectivity index (χ0) is 12.9. The van der Waals surface area contributed by atoms with Crippen LogP contribution in [-0.2, 0) is 4.79 Å². The van der Waals surface area contributed by atoms with Gasteiger partial charge >= 0.3 is 0 Å². The van der Waals surface area contributed by atoms with Crippen LogP contribution in [0.3, 0.4) is 0 Å². The molecule has 94 valence electrons. The minimum atomic E-state index is -0.572. The molecule has 0 atom stereocenters. The Labute approximate surface area is 111 Å². The molecule has 0 aromatic heterocycles. The number of hydrogen-bond acceptors (Lipinski definition) is 3. The monoisotopic (exact) mass is 273 g/mol. The number of carbonyl (C=O) groups is 1. The van der Waals surface area contributed by atoms with Crippen molar-refractivity contribution in [3.8, 4) is 0 Å². The van der Waals surface area contributed by atoms with E-state index in [1.54, 1.807) is 26.0 Å². The van der Waals surface area contributed by atoms with Gasteiger partial charge in [-0.15, -0.1) is 11.8 Å². The molecule has 0 bridgehead atoms. The van der Waals surface area contributed by atoms with E-state index in [0.29, 0.717) is 10.8 Å². The zero-order valence-electron chi connectivity index (χ0n) is 9.87. The third-order valence-electron chi connectivity index (χ3n) is 2.06. The lowest BCUT2D eigenvalue weighted by Gasteiger charge is -2.23. The molecule has 0 aliphatic carbocycles. The molecule has 1 aromatic carbocycles. The van der Waals surface area contributed by atoms with Crippen molar-refractivity contribution < 1.29 is 9.90 Å². The largest absolute Gasteiger partial charge is 0.394 e. The van der Waals surface area contributed by atoms with Crippen LogP contribution in [0.1, 0.15) is 13.8 Å². The molecule has 0 heterocycles. The molecule has 1 rings (SSSR count). The first-order chi connectivity index (χ1) is 7.93. The average Bonchev–Trinajstić information content (AvgIpc) is 2.28. The maximum Gasteiger partial charge on any atom is 0.230 e. The fourth-order valence-electron chi connectivity index (χ4n) is 1.13. The Hall–Kier alpha value is -0.710. The van der Waals surface area contributed by atoms with E-state index in [1.807, 2.05) is 12.1 Å². The lowest BCUT2D eigenvalue weighted by atomic mass is 10.1. The second-order valence-corrected chi connectivity index (χ2v) is 5.82. The Morgan fingerprint density at radius 1 is 1.41 bits per heavy atom. The molecule has 0 aliphatic heterocycles. The number of rotatable bonds is 5. The van der Waals surface area contributed by atoms with E-state index in [1.165, 1.54) is 11.8 Å². The number of benzene rings is 1. The van der Waals surface area contributed by atoms with Crippen molar-refractivity contribution in [1.29, 1.82) is 0 Å². The van der Waals surface area contributed by atoms with Gasteiger partial charge in [-0.25, -0.2) is 0 Å². The maximum atomic E-state index is 11.6. The van der Waals surface area contributed by atoms with Crippen molar-refractivity contribution >= 4 is 29.3 Å². The summed E-state index contributed by atoms with van der Waals surface area (Å²) in [7, 11) is 0. The molecule has 0 fully saturated rings. The second kappa shape index (κ2) is 6.28. The van der Waals surface area contributed by atoms with Crippen molar-refractivity contribution in [3.63, 3.8) is 0 Å². The van der Waals surface area contributed by atoms with Crippen molar-refractivity contribution in [2.45, 2.75) is 24.3 Å². The summed E-state index contributed by atoms with van der Waals surface area (Å²) in [5, 5.41) is 12.5. The molecule has 0 unspecified atom stereocenters. The van der Waals surface area contributed by atoms with Crippen LogP contribution < -0.4 is 5.32 Å². The summed E-state index contributed by atoms with van der Waals surface area (Å²) in [6, 6.07) is 7.33. The highest BCUT2D eigenvalue weighted by Crippen LogP contribution is 2.20. The number of aliphatic hydroxyl groups is 1. The number of carbonyl (C=O) groups excluding carboxylic acids is 1. The van der Waals surface area contributed by atoms with Gasteiger partial charge in [0, 0.05) is 9.92 Å². The van der Waals surface area contributed by atoms with Crippen LogP contribution >= 0.6 is 23.4 Å². The molecule has 2 N–H and O–H groups in total. The molecule has 1 aromatic rings. The Kier molecular flexibility index (Phi) is 5.31. The van der Waals surface area contributed by atoms with Gasteiger partial charge in [-0.2, -0.15) is 0 Å². The molecule has 0 saturated heterocycles. The highest BCUT2D eigenvalue weighted by atomic mass is 35.5. The Morgan fingerprint density at radius 3 is 2.53 bits per heavy atom. The standard InChI is InChI=1S/C12H16ClNO2S/c1-12(2,8-15)14-11(16)7-17-10-5-3-9(13)4-6-10/h3-6,15H,7-8H2,1-2H3,(H,14,16). The third-order valence-corrected chi connectivity index (χ3v) is 3.32. The van der Waals surface area contributed by atoms with Crippen LogP contribution in [-0.4, -0.2) is 28.9 Å². The van der Waals surface area contributed by atoms with Gasteiger partial charge < -0.3 is 10.4 Å². The first kappa shape index (κ1) is 14.4. The van der Waals surface area contributed by atoms with Crippen LogP contribution in [0.25, 0.3) is 0 Å². The number of nitrogens with one attached hydrogen (secondary N) is 1. The second-order valence-electron chi connectivity index (χ2n) is 4.33. The topological polar surface area (TPSA) is 49.3 Å².